The van der Waals surface area contributed by atoms with E-state index < -0.39 is 0 Å². The topological polar surface area (TPSA) is 8.81 Å². The van der Waals surface area contributed by atoms with Gasteiger partial charge in [0.25, 0.3) is 5.82 Å². The van der Waals surface area contributed by atoms with Crippen LogP contribution in [0.5, 0.6) is 0 Å². The first-order chi connectivity index (χ1) is 27.3. The molecule has 1 rings (SSSR count). The Balaban J connectivity index is 2.24. The van der Waals surface area contributed by atoms with Crippen LogP contribution < -0.4 is 4.57 Å². The Bertz CT molecular complexity index is 841. The predicted molar refractivity (Wildman–Crippen MR) is 249 cm³/mol. The van der Waals surface area contributed by atoms with Crippen molar-refractivity contribution in [3.8, 4) is 0 Å². The number of rotatable bonds is 47. The van der Waals surface area contributed by atoms with Crippen molar-refractivity contribution in [2.75, 3.05) is 0 Å². The molecule has 0 N–H and O–H groups in total. The lowest BCUT2D eigenvalue weighted by atomic mass is 10.0. The smallest absolute Gasteiger partial charge is 0.234 e. The molecule has 0 aliphatic rings. The quantitative estimate of drug-likeness (QED) is 0.0461. The molecular weight excluding hydrogens is 665 g/mol. The van der Waals surface area contributed by atoms with Crippen LogP contribution in [0.3, 0.4) is 0 Å². The molecule has 0 aromatic carbocycles. The molecule has 0 amide bonds. The molecule has 0 saturated heterocycles. The van der Waals surface area contributed by atoms with E-state index in [9.17, 15) is 0 Å². The van der Waals surface area contributed by atoms with Gasteiger partial charge in [-0.2, -0.15) is 0 Å². The van der Waals surface area contributed by atoms with E-state index in [1.807, 2.05) is 0 Å². The summed E-state index contributed by atoms with van der Waals surface area (Å²) in [5, 5.41) is 0. The minimum Gasteiger partial charge on any atom is -0.234 e. The van der Waals surface area contributed by atoms with Gasteiger partial charge in [0.05, 0.1) is 13.1 Å². The fourth-order valence-corrected chi connectivity index (χ4v) is 8.98. The zero-order valence-corrected chi connectivity index (χ0v) is 38.8. The molecule has 55 heavy (non-hydrogen) atoms. The molecule has 0 aliphatic carbocycles. The molecule has 0 atom stereocenters. The monoisotopic (exact) mass is 770 g/mol. The molecule has 0 aliphatic heterocycles. The lowest BCUT2D eigenvalue weighted by Gasteiger charge is -2.07. The van der Waals surface area contributed by atoms with Gasteiger partial charge in [0.1, 0.15) is 12.4 Å². The van der Waals surface area contributed by atoms with Crippen molar-refractivity contribution in [1.29, 1.82) is 0 Å². The van der Waals surface area contributed by atoms with E-state index >= 15 is 0 Å². The molecule has 1 aromatic heterocycles. The van der Waals surface area contributed by atoms with Gasteiger partial charge in [0, 0.05) is 6.42 Å². The van der Waals surface area contributed by atoms with Crippen LogP contribution in [0.2, 0.25) is 0 Å². The number of aromatic nitrogens is 2. The van der Waals surface area contributed by atoms with Gasteiger partial charge in [-0.05, 0) is 32.1 Å². The van der Waals surface area contributed by atoms with Crippen LogP contribution in [-0.2, 0) is 19.5 Å². The van der Waals surface area contributed by atoms with E-state index in [2.05, 4.69) is 42.3 Å². The van der Waals surface area contributed by atoms with E-state index in [4.69, 9.17) is 0 Å². The maximum atomic E-state index is 2.66. The Morgan fingerprint density at radius 1 is 0.309 bits per heavy atom. The Morgan fingerprint density at radius 2 is 0.564 bits per heavy atom. The molecule has 2 nitrogen and oxygen atoms in total. The summed E-state index contributed by atoms with van der Waals surface area (Å²) in [7, 11) is 0. The number of imidazole rings is 1. The van der Waals surface area contributed by atoms with E-state index in [0.29, 0.717) is 0 Å². The highest BCUT2D eigenvalue weighted by Crippen LogP contribution is 2.17. The minimum absolute atomic E-state index is 1.23. The zero-order valence-electron chi connectivity index (χ0n) is 38.8. The molecule has 0 radical (unpaired) electrons. The van der Waals surface area contributed by atoms with E-state index in [1.54, 1.807) is 5.82 Å². The van der Waals surface area contributed by atoms with Gasteiger partial charge >= 0.3 is 0 Å². The molecule has 1 heterocycles. The van der Waals surface area contributed by atoms with Crippen molar-refractivity contribution in [2.45, 2.75) is 323 Å². The molecule has 0 saturated carbocycles. The van der Waals surface area contributed by atoms with Crippen molar-refractivity contribution < 1.29 is 4.57 Å². The summed E-state index contributed by atoms with van der Waals surface area (Å²) in [6, 6.07) is 0. The van der Waals surface area contributed by atoms with Crippen molar-refractivity contribution >= 4 is 0 Å². The first kappa shape index (κ1) is 52.2. The Hall–Kier alpha value is -0.790. The summed E-state index contributed by atoms with van der Waals surface area (Å²) in [5.41, 5.74) is 0. The highest BCUT2D eigenvalue weighted by Gasteiger charge is 2.16. The Kier molecular flexibility index (Phi) is 42.1. The minimum atomic E-state index is 1.23. The predicted octanol–water partition coefficient (Wildman–Crippen LogP) is 18.5. The van der Waals surface area contributed by atoms with Gasteiger partial charge in [-0.3, -0.25) is 0 Å². The van der Waals surface area contributed by atoms with Crippen LogP contribution in [0.1, 0.15) is 309 Å². The van der Waals surface area contributed by atoms with Gasteiger partial charge in [0.2, 0.25) is 0 Å². The summed E-state index contributed by atoms with van der Waals surface area (Å²) >= 11 is 0. The van der Waals surface area contributed by atoms with E-state index in [0.717, 1.165) is 0 Å². The molecule has 1 aromatic rings. The SMILES string of the molecule is CCCCCCCCCCCCCCCCCCC[n+]1ccn(CCCCCCCCCCCCCCCC)c1CCCCCCCCCCCCCCC. The number of aryl methyl sites for hydroxylation is 2. The molecule has 326 valence electrons. The zero-order chi connectivity index (χ0) is 39.4. The van der Waals surface area contributed by atoms with Gasteiger partial charge in [0.15, 0.2) is 0 Å². The summed E-state index contributed by atoms with van der Waals surface area (Å²) in [5.74, 6) is 1.63. The summed E-state index contributed by atoms with van der Waals surface area (Å²) in [4.78, 5) is 0. The second-order valence-corrected chi connectivity index (χ2v) is 18.3. The fourth-order valence-electron chi connectivity index (χ4n) is 8.98. The van der Waals surface area contributed by atoms with Crippen LogP contribution in [-0.4, -0.2) is 4.57 Å². The third kappa shape index (κ3) is 36.1. The Morgan fingerprint density at radius 3 is 0.873 bits per heavy atom. The highest BCUT2D eigenvalue weighted by molar-refractivity contribution is 4.84. The van der Waals surface area contributed by atoms with Crippen LogP contribution in [0.25, 0.3) is 0 Å². The van der Waals surface area contributed by atoms with Crippen molar-refractivity contribution in [2.24, 2.45) is 0 Å². The lowest BCUT2D eigenvalue weighted by molar-refractivity contribution is -0.704. The number of hydrogen-bond donors (Lipinski definition) is 0. The molecular formula is C53H105N2+. The second-order valence-electron chi connectivity index (χ2n) is 18.3. The van der Waals surface area contributed by atoms with E-state index in [1.165, 1.54) is 302 Å². The number of nitrogens with zero attached hydrogens (tertiary/aromatic N) is 2. The standard InChI is InChI=1S/C53H105N2/c1-4-7-10-13-16-19-22-25-27-28-29-32-35-38-41-44-47-50-55-52-51-54(49-46-43-40-37-34-31-26-23-20-17-14-11-8-5-2)53(55)48-45-42-39-36-33-30-24-21-18-15-12-9-6-3/h51-52H,4-50H2,1-3H3/q+1. The molecule has 0 spiro atoms. The molecule has 0 fully saturated rings. The number of hydrogen-bond acceptors (Lipinski definition) is 0. The first-order valence-electron chi connectivity index (χ1n) is 26.4. The van der Waals surface area contributed by atoms with Crippen LogP contribution >= 0.6 is 0 Å². The molecule has 0 bridgehead atoms. The van der Waals surface area contributed by atoms with Crippen molar-refractivity contribution in [3.63, 3.8) is 0 Å². The van der Waals surface area contributed by atoms with Gasteiger partial charge in [-0.1, -0.05) is 271 Å². The maximum Gasteiger partial charge on any atom is 0.256 e. The maximum absolute atomic E-state index is 2.66. The largest absolute Gasteiger partial charge is 0.256 e. The third-order valence-corrected chi connectivity index (χ3v) is 12.8. The van der Waals surface area contributed by atoms with E-state index in [-0.39, 0.29) is 0 Å². The first-order valence-corrected chi connectivity index (χ1v) is 26.4. The van der Waals surface area contributed by atoms with Crippen LogP contribution in [0.4, 0.5) is 0 Å². The van der Waals surface area contributed by atoms with Crippen LogP contribution in [0, 0.1) is 0 Å². The van der Waals surface area contributed by atoms with Gasteiger partial charge in [-0.15, -0.1) is 0 Å². The van der Waals surface area contributed by atoms with Crippen molar-refractivity contribution in [1.82, 2.24) is 4.57 Å². The summed E-state index contributed by atoms with van der Waals surface area (Å²) in [6.07, 6.45) is 69.8. The lowest BCUT2D eigenvalue weighted by Crippen LogP contribution is -2.37. The van der Waals surface area contributed by atoms with Gasteiger partial charge in [-0.25, -0.2) is 9.13 Å². The summed E-state index contributed by atoms with van der Waals surface area (Å²) in [6.45, 7) is 9.42. The normalized spacial score (nSPS) is 11.7. The molecule has 0 unspecified atom stereocenters. The Labute approximate surface area is 349 Å². The third-order valence-electron chi connectivity index (χ3n) is 12.8. The van der Waals surface area contributed by atoms with Crippen LogP contribution in [0.15, 0.2) is 12.4 Å². The fraction of sp³-hybridized carbons (Fsp3) is 0.943. The summed E-state index contributed by atoms with van der Waals surface area (Å²) < 4.78 is 5.32. The average Bonchev–Trinajstić information content (AvgIpc) is 3.58. The molecule has 2 heteroatoms. The number of unbranched alkanes of at least 4 members (excludes halogenated alkanes) is 41. The average molecular weight is 770 g/mol. The van der Waals surface area contributed by atoms with Crippen molar-refractivity contribution in [3.05, 3.63) is 18.2 Å². The van der Waals surface area contributed by atoms with Gasteiger partial charge < -0.3 is 0 Å². The highest BCUT2D eigenvalue weighted by atomic mass is 15.1. The second kappa shape index (κ2) is 44.3.